The molecule has 2 aliphatic heterocycles. The molecule has 0 aliphatic carbocycles. The van der Waals surface area contributed by atoms with E-state index >= 15 is 0 Å². The zero-order valence-corrected chi connectivity index (χ0v) is 9.57. The molecule has 2 fully saturated rings. The van der Waals surface area contributed by atoms with Crippen LogP contribution >= 0.6 is 0 Å². The molecule has 90 valence electrons. The monoisotopic (exact) mass is 226 g/mol. The van der Waals surface area contributed by atoms with Crippen LogP contribution < -0.4 is 5.32 Å². The molecule has 0 aromatic carbocycles. The van der Waals surface area contributed by atoms with E-state index in [1.807, 2.05) is 0 Å². The standard InChI is InChI=1S/C11H18N2O3/c1-16-11(15)9-5-3-7-13(9)10(14)8-4-2-6-12-8/h8-9,12H,2-7H2,1H3/t8-,9?/m1/s1. The van der Waals surface area contributed by atoms with E-state index in [4.69, 9.17) is 4.74 Å². The second kappa shape index (κ2) is 4.82. The van der Waals surface area contributed by atoms with Crippen LogP contribution in [0.1, 0.15) is 25.7 Å². The lowest BCUT2D eigenvalue weighted by molar-refractivity contribution is -0.151. The highest BCUT2D eigenvalue weighted by Crippen LogP contribution is 2.21. The van der Waals surface area contributed by atoms with Crippen LogP contribution in [-0.2, 0) is 14.3 Å². The molecule has 0 spiro atoms. The molecule has 2 heterocycles. The fourth-order valence-corrected chi connectivity index (χ4v) is 2.51. The number of ether oxygens (including phenoxy) is 1. The van der Waals surface area contributed by atoms with Crippen molar-refractivity contribution in [2.45, 2.75) is 37.8 Å². The van der Waals surface area contributed by atoms with Crippen molar-refractivity contribution in [1.82, 2.24) is 10.2 Å². The minimum Gasteiger partial charge on any atom is -0.467 e. The number of carbonyl (C=O) groups excluding carboxylic acids is 2. The number of nitrogens with one attached hydrogen (secondary N) is 1. The van der Waals surface area contributed by atoms with Crippen molar-refractivity contribution >= 4 is 11.9 Å². The van der Waals surface area contributed by atoms with Crippen LogP contribution in [0.4, 0.5) is 0 Å². The molecule has 2 aliphatic rings. The SMILES string of the molecule is COC(=O)C1CCCN1C(=O)[C@H]1CCCN1. The van der Waals surface area contributed by atoms with Crippen LogP contribution in [0.15, 0.2) is 0 Å². The summed E-state index contributed by atoms with van der Waals surface area (Å²) in [6.45, 7) is 1.57. The van der Waals surface area contributed by atoms with E-state index in [0.29, 0.717) is 6.54 Å². The highest BCUT2D eigenvalue weighted by atomic mass is 16.5. The fourth-order valence-electron chi connectivity index (χ4n) is 2.51. The Morgan fingerprint density at radius 1 is 1.31 bits per heavy atom. The zero-order chi connectivity index (χ0) is 11.5. The number of esters is 1. The Balaban J connectivity index is 2.01. The molecule has 1 amide bonds. The van der Waals surface area contributed by atoms with E-state index in [1.165, 1.54) is 7.11 Å². The number of nitrogens with zero attached hydrogens (tertiary/aromatic N) is 1. The van der Waals surface area contributed by atoms with Crippen LogP contribution in [0.25, 0.3) is 0 Å². The molecule has 2 saturated heterocycles. The van der Waals surface area contributed by atoms with Crippen LogP contribution in [0, 0.1) is 0 Å². The van der Waals surface area contributed by atoms with Gasteiger partial charge in [0.05, 0.1) is 13.2 Å². The Morgan fingerprint density at radius 2 is 2.12 bits per heavy atom. The zero-order valence-electron chi connectivity index (χ0n) is 9.57. The number of methoxy groups -OCH3 is 1. The average Bonchev–Trinajstić information content (AvgIpc) is 2.97. The molecule has 1 unspecified atom stereocenters. The van der Waals surface area contributed by atoms with Crippen molar-refractivity contribution in [3.63, 3.8) is 0 Å². The van der Waals surface area contributed by atoms with Crippen LogP contribution in [0.5, 0.6) is 0 Å². The van der Waals surface area contributed by atoms with Gasteiger partial charge in [-0.15, -0.1) is 0 Å². The Kier molecular flexibility index (Phi) is 3.43. The highest BCUT2D eigenvalue weighted by Gasteiger charge is 2.38. The molecule has 0 aromatic rings. The normalized spacial score (nSPS) is 29.4. The highest BCUT2D eigenvalue weighted by molar-refractivity contribution is 5.88. The maximum absolute atomic E-state index is 12.1. The topological polar surface area (TPSA) is 58.6 Å². The van der Waals surface area contributed by atoms with Crippen molar-refractivity contribution in [2.75, 3.05) is 20.2 Å². The lowest BCUT2D eigenvalue weighted by atomic mass is 10.1. The summed E-state index contributed by atoms with van der Waals surface area (Å²) in [4.78, 5) is 25.3. The summed E-state index contributed by atoms with van der Waals surface area (Å²) in [5, 5.41) is 3.17. The smallest absolute Gasteiger partial charge is 0.328 e. The second-order valence-electron chi connectivity index (χ2n) is 4.36. The molecule has 0 saturated carbocycles. The molecule has 5 heteroatoms. The van der Waals surface area contributed by atoms with Crippen LogP contribution in [-0.4, -0.2) is 49.1 Å². The molecule has 0 aromatic heterocycles. The van der Waals surface area contributed by atoms with Crippen molar-refractivity contribution in [2.24, 2.45) is 0 Å². The van der Waals surface area contributed by atoms with Gasteiger partial charge in [-0.3, -0.25) is 4.79 Å². The third-order valence-electron chi connectivity index (χ3n) is 3.37. The summed E-state index contributed by atoms with van der Waals surface area (Å²) in [7, 11) is 1.37. The maximum Gasteiger partial charge on any atom is 0.328 e. The summed E-state index contributed by atoms with van der Waals surface area (Å²) in [5.41, 5.74) is 0. The van der Waals surface area contributed by atoms with E-state index < -0.39 is 0 Å². The second-order valence-corrected chi connectivity index (χ2v) is 4.36. The first-order valence-electron chi connectivity index (χ1n) is 5.85. The van der Waals surface area contributed by atoms with Gasteiger partial charge in [0.15, 0.2) is 0 Å². The average molecular weight is 226 g/mol. The number of rotatable bonds is 2. The summed E-state index contributed by atoms with van der Waals surface area (Å²) in [6, 6.07) is -0.454. The molecule has 16 heavy (non-hydrogen) atoms. The van der Waals surface area contributed by atoms with Gasteiger partial charge in [-0.2, -0.15) is 0 Å². The molecule has 5 nitrogen and oxygen atoms in total. The Morgan fingerprint density at radius 3 is 2.75 bits per heavy atom. The Labute approximate surface area is 95.1 Å². The molecule has 2 rings (SSSR count). The summed E-state index contributed by atoms with van der Waals surface area (Å²) >= 11 is 0. The lowest BCUT2D eigenvalue weighted by Crippen LogP contribution is -2.48. The fraction of sp³-hybridized carbons (Fsp3) is 0.818. The third kappa shape index (κ3) is 2.04. The third-order valence-corrected chi connectivity index (χ3v) is 3.37. The van der Waals surface area contributed by atoms with Crippen LogP contribution in [0.2, 0.25) is 0 Å². The summed E-state index contributed by atoms with van der Waals surface area (Å²) in [6.07, 6.45) is 3.53. The number of hydrogen-bond acceptors (Lipinski definition) is 4. The van der Waals surface area contributed by atoms with E-state index in [1.54, 1.807) is 4.90 Å². The largest absolute Gasteiger partial charge is 0.467 e. The summed E-state index contributed by atoms with van der Waals surface area (Å²) in [5.74, 6) is -0.228. The number of amides is 1. The number of hydrogen-bond donors (Lipinski definition) is 1. The first kappa shape index (κ1) is 11.4. The van der Waals surface area contributed by atoms with E-state index in [2.05, 4.69) is 5.32 Å². The van der Waals surface area contributed by atoms with Gasteiger partial charge in [0.25, 0.3) is 0 Å². The molecular weight excluding hydrogens is 208 g/mol. The van der Waals surface area contributed by atoms with Gasteiger partial charge < -0.3 is 15.0 Å². The molecule has 1 N–H and O–H groups in total. The maximum atomic E-state index is 12.1. The Hall–Kier alpha value is -1.10. The van der Waals surface area contributed by atoms with Crippen molar-refractivity contribution in [3.8, 4) is 0 Å². The van der Waals surface area contributed by atoms with E-state index in [0.717, 1.165) is 32.2 Å². The Bertz CT molecular complexity index is 287. The van der Waals surface area contributed by atoms with Gasteiger partial charge in [0.2, 0.25) is 5.91 Å². The molecule has 0 bridgehead atoms. The van der Waals surface area contributed by atoms with Crippen molar-refractivity contribution in [3.05, 3.63) is 0 Å². The molecular formula is C11H18N2O3. The van der Waals surface area contributed by atoms with E-state index in [-0.39, 0.29) is 24.0 Å². The van der Waals surface area contributed by atoms with Crippen molar-refractivity contribution in [1.29, 1.82) is 0 Å². The molecule has 2 atom stereocenters. The first-order chi connectivity index (χ1) is 7.74. The van der Waals surface area contributed by atoms with Crippen molar-refractivity contribution < 1.29 is 14.3 Å². The summed E-state index contributed by atoms with van der Waals surface area (Å²) < 4.78 is 4.72. The predicted octanol–water partition coefficient (Wildman–Crippen LogP) is -0.0976. The minimum atomic E-state index is -0.361. The minimum absolute atomic E-state index is 0.0606. The number of likely N-dealkylation sites (tertiary alicyclic amines) is 1. The van der Waals surface area contributed by atoms with Gasteiger partial charge in [0, 0.05) is 6.54 Å². The van der Waals surface area contributed by atoms with Gasteiger partial charge >= 0.3 is 5.97 Å². The lowest BCUT2D eigenvalue weighted by Gasteiger charge is -2.25. The molecule has 0 radical (unpaired) electrons. The quantitative estimate of drug-likeness (QED) is 0.668. The van der Waals surface area contributed by atoms with Gasteiger partial charge in [-0.1, -0.05) is 0 Å². The van der Waals surface area contributed by atoms with Gasteiger partial charge in [-0.25, -0.2) is 4.79 Å². The van der Waals surface area contributed by atoms with Gasteiger partial charge in [-0.05, 0) is 32.2 Å². The van der Waals surface area contributed by atoms with Gasteiger partial charge in [0.1, 0.15) is 6.04 Å². The first-order valence-corrected chi connectivity index (χ1v) is 5.85. The number of carbonyl (C=O) groups is 2. The predicted molar refractivity (Wildman–Crippen MR) is 57.8 cm³/mol. The van der Waals surface area contributed by atoms with E-state index in [9.17, 15) is 9.59 Å². The van der Waals surface area contributed by atoms with Crippen LogP contribution in [0.3, 0.4) is 0 Å².